The summed E-state index contributed by atoms with van der Waals surface area (Å²) in [4.78, 5) is 25.0. The lowest BCUT2D eigenvalue weighted by molar-refractivity contribution is -0.154. The highest BCUT2D eigenvalue weighted by molar-refractivity contribution is 7.12. The summed E-state index contributed by atoms with van der Waals surface area (Å²) in [6, 6.07) is 1.65. The first-order valence-corrected chi connectivity index (χ1v) is 6.26. The third-order valence-electron chi connectivity index (χ3n) is 2.65. The molecule has 1 amide bonds. The molecule has 1 atom stereocenters. The highest BCUT2D eigenvalue weighted by Gasteiger charge is 2.30. The molecule has 7 heteroatoms. The maximum absolute atomic E-state index is 12.1. The molecular weight excluding hydrogens is 258 g/mol. The van der Waals surface area contributed by atoms with Crippen molar-refractivity contribution in [3.63, 3.8) is 0 Å². The van der Waals surface area contributed by atoms with Crippen molar-refractivity contribution in [1.29, 1.82) is 0 Å². The van der Waals surface area contributed by atoms with E-state index in [9.17, 15) is 9.59 Å². The predicted octanol–water partition coefficient (Wildman–Crippen LogP) is 0.682. The molecule has 1 aromatic rings. The molecule has 18 heavy (non-hydrogen) atoms. The molecule has 0 spiro atoms. The van der Waals surface area contributed by atoms with Gasteiger partial charge in [0.05, 0.1) is 25.1 Å². The lowest BCUT2D eigenvalue weighted by Gasteiger charge is -2.30. The Morgan fingerprint density at radius 3 is 3.00 bits per heavy atom. The van der Waals surface area contributed by atoms with E-state index < -0.39 is 12.1 Å². The van der Waals surface area contributed by atoms with Crippen LogP contribution >= 0.6 is 11.3 Å². The number of carboxylic acid groups (broad SMARTS) is 1. The smallest absolute Gasteiger partial charge is 0.334 e. The van der Waals surface area contributed by atoms with Crippen LogP contribution in [0.1, 0.15) is 9.67 Å². The third kappa shape index (κ3) is 2.62. The van der Waals surface area contributed by atoms with Crippen LogP contribution in [0.3, 0.4) is 0 Å². The van der Waals surface area contributed by atoms with Gasteiger partial charge in [0.25, 0.3) is 5.91 Å². The summed E-state index contributed by atoms with van der Waals surface area (Å²) >= 11 is 1.28. The lowest BCUT2D eigenvalue weighted by Crippen LogP contribution is -2.48. The van der Waals surface area contributed by atoms with Gasteiger partial charge >= 0.3 is 5.97 Å². The van der Waals surface area contributed by atoms with Crippen molar-refractivity contribution in [2.45, 2.75) is 6.10 Å². The Morgan fingerprint density at radius 2 is 2.39 bits per heavy atom. The molecule has 1 aromatic heterocycles. The number of thiophene rings is 1. The molecule has 1 saturated heterocycles. The highest BCUT2D eigenvalue weighted by atomic mass is 32.1. The Morgan fingerprint density at radius 1 is 1.61 bits per heavy atom. The quantitative estimate of drug-likeness (QED) is 0.875. The number of amides is 1. The summed E-state index contributed by atoms with van der Waals surface area (Å²) in [5, 5.41) is 10.6. The Kier molecular flexibility index (Phi) is 3.83. The number of nitrogens with zero attached hydrogens (tertiary/aromatic N) is 1. The average Bonchev–Trinajstić information content (AvgIpc) is 2.86. The molecular formula is C11H13NO5S. The summed E-state index contributed by atoms with van der Waals surface area (Å²) in [7, 11) is 1.53. The average molecular weight is 271 g/mol. The molecule has 0 unspecified atom stereocenters. The first-order chi connectivity index (χ1) is 8.61. The molecule has 6 nitrogen and oxygen atoms in total. The van der Waals surface area contributed by atoms with Gasteiger partial charge in [-0.15, -0.1) is 11.3 Å². The number of methoxy groups -OCH3 is 1. The SMILES string of the molecule is COc1csc(C(=O)N2CCO[C@H](C(=O)O)C2)c1. The van der Waals surface area contributed by atoms with Crippen molar-refractivity contribution in [2.75, 3.05) is 26.8 Å². The maximum atomic E-state index is 12.1. The Hall–Kier alpha value is -1.60. The first-order valence-electron chi connectivity index (χ1n) is 5.38. The van der Waals surface area contributed by atoms with Gasteiger partial charge in [-0.05, 0) is 0 Å². The van der Waals surface area contributed by atoms with E-state index in [0.29, 0.717) is 17.2 Å². The molecule has 1 fully saturated rings. The molecule has 1 aliphatic rings. The molecule has 1 aliphatic heterocycles. The van der Waals surface area contributed by atoms with Gasteiger partial charge < -0.3 is 19.5 Å². The van der Waals surface area contributed by atoms with Crippen molar-refractivity contribution in [3.8, 4) is 5.75 Å². The van der Waals surface area contributed by atoms with Gasteiger partial charge in [-0.25, -0.2) is 4.79 Å². The van der Waals surface area contributed by atoms with Crippen LogP contribution in [0.25, 0.3) is 0 Å². The minimum absolute atomic E-state index is 0.0778. The zero-order chi connectivity index (χ0) is 13.1. The zero-order valence-electron chi connectivity index (χ0n) is 9.79. The normalized spacial score (nSPS) is 19.6. The molecule has 2 heterocycles. The molecule has 98 valence electrons. The van der Waals surface area contributed by atoms with E-state index in [1.807, 2.05) is 0 Å². The topological polar surface area (TPSA) is 76.1 Å². The Balaban J connectivity index is 2.06. The van der Waals surface area contributed by atoms with Gasteiger partial charge in [0.1, 0.15) is 5.75 Å². The van der Waals surface area contributed by atoms with Crippen LogP contribution < -0.4 is 4.74 Å². The standard InChI is InChI=1S/C11H13NO5S/c1-16-7-4-9(18-6-7)10(13)12-2-3-17-8(5-12)11(14)15/h4,6,8H,2-3,5H2,1H3,(H,14,15)/t8-/m0/s1. The summed E-state index contributed by atoms with van der Waals surface area (Å²) in [6.07, 6.45) is -0.940. The van der Waals surface area contributed by atoms with Crippen LogP contribution in [-0.4, -0.2) is 54.8 Å². The number of carbonyl (C=O) groups is 2. The van der Waals surface area contributed by atoms with Crippen molar-refractivity contribution in [3.05, 3.63) is 16.3 Å². The maximum Gasteiger partial charge on any atom is 0.334 e. The van der Waals surface area contributed by atoms with E-state index in [0.717, 1.165) is 0 Å². The predicted molar refractivity (Wildman–Crippen MR) is 64.2 cm³/mol. The Bertz CT molecular complexity index is 458. The monoisotopic (exact) mass is 271 g/mol. The zero-order valence-corrected chi connectivity index (χ0v) is 10.6. The van der Waals surface area contributed by atoms with Crippen molar-refractivity contribution in [1.82, 2.24) is 4.90 Å². The minimum Gasteiger partial charge on any atom is -0.496 e. The van der Waals surface area contributed by atoms with Gasteiger partial charge in [-0.3, -0.25) is 4.79 Å². The summed E-state index contributed by atoms with van der Waals surface area (Å²) < 4.78 is 10.1. The van der Waals surface area contributed by atoms with E-state index in [2.05, 4.69) is 0 Å². The van der Waals surface area contributed by atoms with E-state index in [4.69, 9.17) is 14.6 Å². The molecule has 0 aromatic carbocycles. The number of carboxylic acids is 1. The van der Waals surface area contributed by atoms with Crippen molar-refractivity contribution >= 4 is 23.2 Å². The summed E-state index contributed by atoms with van der Waals surface area (Å²) in [6.45, 7) is 0.725. The number of carbonyl (C=O) groups excluding carboxylic acids is 1. The minimum atomic E-state index is -1.05. The van der Waals surface area contributed by atoms with Crippen LogP contribution in [0.15, 0.2) is 11.4 Å². The Labute approximate surface area is 108 Å². The largest absolute Gasteiger partial charge is 0.496 e. The summed E-state index contributed by atoms with van der Waals surface area (Å²) in [5.74, 6) is -0.597. The number of ether oxygens (including phenoxy) is 2. The number of hydrogen-bond donors (Lipinski definition) is 1. The van der Waals surface area contributed by atoms with Crippen LogP contribution in [0.5, 0.6) is 5.75 Å². The van der Waals surface area contributed by atoms with Crippen molar-refractivity contribution < 1.29 is 24.2 Å². The highest BCUT2D eigenvalue weighted by Crippen LogP contribution is 2.23. The van der Waals surface area contributed by atoms with Crippen LogP contribution in [0.2, 0.25) is 0 Å². The second-order valence-corrected chi connectivity index (χ2v) is 4.71. The van der Waals surface area contributed by atoms with E-state index in [1.54, 1.807) is 11.4 Å². The van der Waals surface area contributed by atoms with Gasteiger partial charge in [0.15, 0.2) is 6.10 Å². The van der Waals surface area contributed by atoms with Crippen LogP contribution in [-0.2, 0) is 9.53 Å². The third-order valence-corrected chi connectivity index (χ3v) is 3.55. The lowest BCUT2D eigenvalue weighted by atomic mass is 10.2. The molecule has 0 radical (unpaired) electrons. The van der Waals surface area contributed by atoms with Crippen LogP contribution in [0, 0.1) is 0 Å². The second kappa shape index (κ2) is 5.36. The molecule has 0 saturated carbocycles. The van der Waals surface area contributed by atoms with Gasteiger partial charge in [0.2, 0.25) is 0 Å². The number of hydrogen-bond acceptors (Lipinski definition) is 5. The van der Waals surface area contributed by atoms with E-state index in [1.165, 1.54) is 23.3 Å². The number of morpholine rings is 1. The fourth-order valence-corrected chi connectivity index (χ4v) is 2.50. The van der Waals surface area contributed by atoms with Gasteiger partial charge in [-0.2, -0.15) is 0 Å². The molecule has 0 aliphatic carbocycles. The first kappa shape index (κ1) is 12.8. The van der Waals surface area contributed by atoms with Gasteiger partial charge in [-0.1, -0.05) is 0 Å². The van der Waals surface area contributed by atoms with Gasteiger partial charge in [0, 0.05) is 18.0 Å². The van der Waals surface area contributed by atoms with Crippen LogP contribution in [0.4, 0.5) is 0 Å². The van der Waals surface area contributed by atoms with E-state index in [-0.39, 0.29) is 19.1 Å². The molecule has 2 rings (SSSR count). The van der Waals surface area contributed by atoms with E-state index >= 15 is 0 Å². The molecule has 1 N–H and O–H groups in total. The van der Waals surface area contributed by atoms with Crippen molar-refractivity contribution in [2.24, 2.45) is 0 Å². The second-order valence-electron chi connectivity index (χ2n) is 3.80. The fourth-order valence-electron chi connectivity index (χ4n) is 1.68. The summed E-state index contributed by atoms with van der Waals surface area (Å²) in [5.41, 5.74) is 0. The number of rotatable bonds is 3. The molecule has 0 bridgehead atoms. The fraction of sp³-hybridized carbons (Fsp3) is 0.455. The number of aliphatic carboxylic acids is 1.